The number of carbonyl (C=O) groups is 1. The molecule has 0 unspecified atom stereocenters. The summed E-state index contributed by atoms with van der Waals surface area (Å²) >= 11 is 0. The zero-order valence-electron chi connectivity index (χ0n) is 10.3. The first-order chi connectivity index (χ1) is 8.22. The zero-order valence-corrected chi connectivity index (χ0v) is 10.3. The summed E-state index contributed by atoms with van der Waals surface area (Å²) in [5, 5.41) is 0. The van der Waals surface area contributed by atoms with E-state index in [1.165, 1.54) is 0 Å². The van der Waals surface area contributed by atoms with Gasteiger partial charge in [-0.25, -0.2) is 0 Å². The summed E-state index contributed by atoms with van der Waals surface area (Å²) in [4.78, 5) is 17.8. The maximum absolute atomic E-state index is 12.0. The number of hydrogen-bond acceptors (Lipinski definition) is 4. The third kappa shape index (κ3) is 3.71. The van der Waals surface area contributed by atoms with Gasteiger partial charge in [0.1, 0.15) is 18.1 Å². The minimum Gasteiger partial charge on any atom is -0.492 e. The molecular formula is C12H19N3O2. The molecule has 1 rings (SSSR count). The molecule has 1 amide bonds. The van der Waals surface area contributed by atoms with Gasteiger partial charge < -0.3 is 15.4 Å². The van der Waals surface area contributed by atoms with Crippen molar-refractivity contribution >= 4 is 5.91 Å². The highest BCUT2D eigenvalue weighted by Gasteiger charge is 2.14. The third-order valence-corrected chi connectivity index (χ3v) is 2.39. The van der Waals surface area contributed by atoms with Crippen molar-refractivity contribution in [3.05, 3.63) is 24.0 Å². The summed E-state index contributed by atoms with van der Waals surface area (Å²) < 4.78 is 5.36. The van der Waals surface area contributed by atoms with E-state index in [0.29, 0.717) is 37.7 Å². The lowest BCUT2D eigenvalue weighted by molar-refractivity contribution is 0.0766. The molecule has 0 spiro atoms. The predicted octanol–water partition coefficient (Wildman–Crippen LogP) is 0.901. The van der Waals surface area contributed by atoms with Crippen molar-refractivity contribution in [3.63, 3.8) is 0 Å². The Balaban J connectivity index is 2.79. The number of carbonyl (C=O) groups excluding carboxylic acids is 1. The van der Waals surface area contributed by atoms with Gasteiger partial charge in [-0.1, -0.05) is 0 Å². The monoisotopic (exact) mass is 237 g/mol. The molecule has 5 nitrogen and oxygen atoms in total. The lowest BCUT2D eigenvalue weighted by atomic mass is 10.3. The number of rotatable bonds is 6. The van der Waals surface area contributed by atoms with Crippen LogP contribution in [0, 0.1) is 0 Å². The first-order valence-electron chi connectivity index (χ1n) is 5.81. The molecular weight excluding hydrogens is 218 g/mol. The second-order valence-corrected chi connectivity index (χ2v) is 3.49. The van der Waals surface area contributed by atoms with Crippen molar-refractivity contribution in [2.75, 3.05) is 26.2 Å². The van der Waals surface area contributed by atoms with Gasteiger partial charge in [0, 0.05) is 31.9 Å². The summed E-state index contributed by atoms with van der Waals surface area (Å²) in [6.07, 6.45) is 1.57. The Morgan fingerprint density at radius 2 is 2.18 bits per heavy atom. The highest BCUT2D eigenvalue weighted by atomic mass is 16.5. The topological polar surface area (TPSA) is 68.5 Å². The molecule has 1 aromatic heterocycles. The Morgan fingerprint density at radius 3 is 2.76 bits per heavy atom. The summed E-state index contributed by atoms with van der Waals surface area (Å²) in [6.45, 7) is 6.10. The second-order valence-electron chi connectivity index (χ2n) is 3.49. The van der Waals surface area contributed by atoms with Crippen LogP contribution >= 0.6 is 0 Å². The van der Waals surface area contributed by atoms with Crippen molar-refractivity contribution in [2.45, 2.75) is 13.8 Å². The van der Waals surface area contributed by atoms with Crippen LogP contribution < -0.4 is 10.5 Å². The zero-order chi connectivity index (χ0) is 12.7. The number of hydrogen-bond donors (Lipinski definition) is 1. The molecule has 1 heterocycles. The average molecular weight is 237 g/mol. The largest absolute Gasteiger partial charge is 0.492 e. The summed E-state index contributed by atoms with van der Waals surface area (Å²) in [7, 11) is 0. The first-order valence-corrected chi connectivity index (χ1v) is 5.81. The van der Waals surface area contributed by atoms with Crippen molar-refractivity contribution < 1.29 is 9.53 Å². The van der Waals surface area contributed by atoms with Crippen LogP contribution in [0.2, 0.25) is 0 Å². The summed E-state index contributed by atoms with van der Waals surface area (Å²) in [5.41, 5.74) is 5.76. The molecule has 0 fully saturated rings. The minimum atomic E-state index is -0.0757. The van der Waals surface area contributed by atoms with Gasteiger partial charge in [-0.05, 0) is 19.9 Å². The molecule has 2 N–H and O–H groups in total. The van der Waals surface area contributed by atoms with Crippen molar-refractivity contribution in [1.29, 1.82) is 0 Å². The Morgan fingerprint density at radius 1 is 1.47 bits per heavy atom. The molecule has 0 radical (unpaired) electrons. The third-order valence-electron chi connectivity index (χ3n) is 2.39. The van der Waals surface area contributed by atoms with E-state index in [0.717, 1.165) is 0 Å². The lowest BCUT2D eigenvalue weighted by Gasteiger charge is -2.18. The summed E-state index contributed by atoms with van der Waals surface area (Å²) in [5.74, 6) is 0.550. The quantitative estimate of drug-likeness (QED) is 0.798. The summed E-state index contributed by atoms with van der Waals surface area (Å²) in [6, 6.07) is 3.37. The highest BCUT2D eigenvalue weighted by molar-refractivity contribution is 5.92. The number of amides is 1. The van der Waals surface area contributed by atoms with Gasteiger partial charge >= 0.3 is 0 Å². The van der Waals surface area contributed by atoms with Crippen molar-refractivity contribution in [1.82, 2.24) is 9.88 Å². The molecule has 0 aliphatic carbocycles. The van der Waals surface area contributed by atoms with E-state index in [4.69, 9.17) is 10.5 Å². The second kappa shape index (κ2) is 6.85. The lowest BCUT2D eigenvalue weighted by Crippen LogP contribution is -2.31. The fraction of sp³-hybridized carbons (Fsp3) is 0.500. The standard InChI is InChI=1S/C12H19N3O2/c1-3-15(4-2)12(16)11-9-10(5-7-14-11)17-8-6-13/h5,7,9H,3-4,6,8,13H2,1-2H3. The van der Waals surface area contributed by atoms with Crippen LogP contribution in [-0.4, -0.2) is 42.0 Å². The number of ether oxygens (including phenoxy) is 1. The van der Waals surface area contributed by atoms with Crippen LogP contribution in [0.5, 0.6) is 5.75 Å². The van der Waals surface area contributed by atoms with E-state index >= 15 is 0 Å². The SMILES string of the molecule is CCN(CC)C(=O)c1cc(OCCN)ccn1. The van der Waals surface area contributed by atoms with Gasteiger partial charge in [0.15, 0.2) is 0 Å². The van der Waals surface area contributed by atoms with Gasteiger partial charge in [-0.3, -0.25) is 9.78 Å². The molecule has 0 saturated heterocycles. The van der Waals surface area contributed by atoms with E-state index < -0.39 is 0 Å². The fourth-order valence-corrected chi connectivity index (χ4v) is 1.47. The van der Waals surface area contributed by atoms with Crippen LogP contribution in [0.3, 0.4) is 0 Å². The molecule has 5 heteroatoms. The highest BCUT2D eigenvalue weighted by Crippen LogP contribution is 2.12. The van der Waals surface area contributed by atoms with Gasteiger partial charge in [0.25, 0.3) is 5.91 Å². The van der Waals surface area contributed by atoms with Crippen LogP contribution in [-0.2, 0) is 0 Å². The van der Waals surface area contributed by atoms with E-state index in [1.807, 2.05) is 13.8 Å². The number of aromatic nitrogens is 1. The van der Waals surface area contributed by atoms with E-state index in [-0.39, 0.29) is 5.91 Å². The smallest absolute Gasteiger partial charge is 0.272 e. The molecule has 0 aliphatic rings. The van der Waals surface area contributed by atoms with Crippen molar-refractivity contribution in [2.24, 2.45) is 5.73 Å². The Hall–Kier alpha value is -1.62. The molecule has 0 saturated carbocycles. The molecule has 0 bridgehead atoms. The van der Waals surface area contributed by atoms with E-state index in [9.17, 15) is 4.79 Å². The maximum Gasteiger partial charge on any atom is 0.272 e. The first kappa shape index (κ1) is 13.4. The molecule has 94 valence electrons. The van der Waals surface area contributed by atoms with Crippen LogP contribution in [0.1, 0.15) is 24.3 Å². The number of pyridine rings is 1. The molecule has 0 aliphatic heterocycles. The maximum atomic E-state index is 12.0. The van der Waals surface area contributed by atoms with Crippen LogP contribution in [0.25, 0.3) is 0 Å². The Kier molecular flexibility index (Phi) is 5.42. The number of nitrogens with zero attached hydrogens (tertiary/aromatic N) is 2. The van der Waals surface area contributed by atoms with E-state index in [2.05, 4.69) is 4.98 Å². The number of nitrogens with two attached hydrogens (primary N) is 1. The molecule has 17 heavy (non-hydrogen) atoms. The Labute approximate surface area is 102 Å². The van der Waals surface area contributed by atoms with Gasteiger partial charge in [0.2, 0.25) is 0 Å². The fourth-order valence-electron chi connectivity index (χ4n) is 1.47. The molecule has 0 aromatic carbocycles. The molecule has 1 aromatic rings. The average Bonchev–Trinajstić information content (AvgIpc) is 2.38. The Bertz CT molecular complexity index is 365. The minimum absolute atomic E-state index is 0.0757. The van der Waals surface area contributed by atoms with Crippen molar-refractivity contribution in [3.8, 4) is 5.75 Å². The van der Waals surface area contributed by atoms with E-state index in [1.54, 1.807) is 23.2 Å². The van der Waals surface area contributed by atoms with Crippen LogP contribution in [0.15, 0.2) is 18.3 Å². The van der Waals surface area contributed by atoms with Gasteiger partial charge in [-0.15, -0.1) is 0 Å². The van der Waals surface area contributed by atoms with Gasteiger partial charge in [-0.2, -0.15) is 0 Å². The normalized spacial score (nSPS) is 10.1. The predicted molar refractivity (Wildman–Crippen MR) is 66.0 cm³/mol. The van der Waals surface area contributed by atoms with Gasteiger partial charge in [0.05, 0.1) is 0 Å². The van der Waals surface area contributed by atoms with Crippen LogP contribution in [0.4, 0.5) is 0 Å². The molecule has 0 atom stereocenters.